The van der Waals surface area contributed by atoms with Crippen LogP contribution in [-0.4, -0.2) is 106 Å². The lowest BCUT2D eigenvalue weighted by Gasteiger charge is -2.14. The molecule has 2 amide bonds. The van der Waals surface area contributed by atoms with Gasteiger partial charge in [0.05, 0.1) is 30.7 Å². The lowest BCUT2D eigenvalue weighted by Crippen LogP contribution is -2.20. The molecule has 0 heterocycles. The van der Waals surface area contributed by atoms with Gasteiger partial charge in [-0.3, -0.25) is 18.6 Å². The van der Waals surface area contributed by atoms with Gasteiger partial charge in [0, 0.05) is 35.7 Å². The second-order valence-corrected chi connectivity index (χ2v) is 45.1. The fourth-order valence-electron chi connectivity index (χ4n) is 4.68. The maximum Gasteiger partial charge on any atom is 0.335 e. The third-order valence-corrected chi connectivity index (χ3v) is 27.3. The summed E-state index contributed by atoms with van der Waals surface area (Å²) >= 11 is 29.3. The molecule has 0 saturated heterocycles. The molecule has 4 N–H and O–H groups in total. The molecule has 410 valence electrons. The van der Waals surface area contributed by atoms with Crippen molar-refractivity contribution in [2.45, 2.75) is 30.5 Å². The molecule has 0 spiro atoms. The SMILES string of the molecule is CNC(=O)c1cccc(S(=O)(=O)C(Br)(Br)Br)c1.CNC(=O)c1cccc(S(=O)(=O)C(Br)Br)c1.O=C(Cl)c1cccc(S(=O)(=O)C(Br)(Br)Br)c1.O=C(O)c1cccc(S(=O)(=O)CBr)c1.O=C(O)c1cccc(S(=O)[O-])c1. The lowest BCUT2D eigenvalue weighted by molar-refractivity contribution is 0.0685. The third-order valence-electron chi connectivity index (χ3n) is 8.36. The molecule has 0 saturated carbocycles. The summed E-state index contributed by atoms with van der Waals surface area (Å²) in [7, 11) is -11.3. The highest BCUT2D eigenvalue weighted by Crippen LogP contribution is 2.44. The molecule has 5 aromatic carbocycles. The maximum absolute atomic E-state index is 12.0. The van der Waals surface area contributed by atoms with Crippen LogP contribution in [-0.2, 0) is 50.4 Å². The summed E-state index contributed by atoms with van der Waals surface area (Å²) in [4.78, 5) is 54.7. The number of carboxylic acid groups (broad SMARTS) is 2. The summed E-state index contributed by atoms with van der Waals surface area (Å²) in [6.45, 7) is 0. The van der Waals surface area contributed by atoms with Crippen molar-refractivity contribution < 1.29 is 76.6 Å². The first kappa shape index (κ1) is 71.2. The molecule has 0 aliphatic carbocycles. The number of amides is 2. The van der Waals surface area contributed by atoms with Gasteiger partial charge in [-0.1, -0.05) is 84.2 Å². The highest BCUT2D eigenvalue weighted by atomic mass is 80.0. The number of hydrogen-bond acceptors (Lipinski definition) is 15. The minimum Gasteiger partial charge on any atom is -0.768 e. The van der Waals surface area contributed by atoms with E-state index in [4.69, 9.17) is 21.8 Å². The fourth-order valence-corrected chi connectivity index (χ4v) is 13.8. The van der Waals surface area contributed by atoms with Crippen molar-refractivity contribution in [3.63, 3.8) is 0 Å². The van der Waals surface area contributed by atoms with Crippen molar-refractivity contribution in [1.29, 1.82) is 0 Å². The molecule has 0 aliphatic rings. The number of hydrogen-bond donors (Lipinski definition) is 4. The zero-order valence-electron chi connectivity index (χ0n) is 37.2. The summed E-state index contributed by atoms with van der Waals surface area (Å²) in [6.07, 6.45) is 0. The predicted molar refractivity (Wildman–Crippen MR) is 313 cm³/mol. The van der Waals surface area contributed by atoms with E-state index < -0.39 is 73.6 Å². The van der Waals surface area contributed by atoms with Gasteiger partial charge >= 0.3 is 11.9 Å². The fraction of sp³-hybridized carbons (Fsp3) is 0.146. The van der Waals surface area contributed by atoms with Crippen LogP contribution in [0.4, 0.5) is 0 Å². The number of nitrogens with one attached hydrogen (secondary N) is 2. The summed E-state index contributed by atoms with van der Waals surface area (Å²) in [5, 5.41) is 21.3. The van der Waals surface area contributed by atoms with Gasteiger partial charge in [-0.05, 0) is 203 Å². The van der Waals surface area contributed by atoms with Gasteiger partial charge in [-0.15, -0.1) is 0 Å². The third kappa shape index (κ3) is 22.0. The lowest BCUT2D eigenvalue weighted by atomic mass is 10.2. The number of carbonyl (C=O) groups is 5. The van der Waals surface area contributed by atoms with E-state index in [1.807, 2.05) is 0 Å². The van der Waals surface area contributed by atoms with Gasteiger partial charge in [0.15, 0.2) is 12.9 Å². The van der Waals surface area contributed by atoms with Crippen LogP contribution in [0.15, 0.2) is 146 Å². The number of carboxylic acids is 2. The second-order valence-electron chi connectivity index (χ2n) is 13.3. The molecule has 0 radical (unpaired) electrons. The van der Waals surface area contributed by atoms with E-state index in [1.165, 1.54) is 117 Å². The highest BCUT2D eigenvalue weighted by Gasteiger charge is 2.38. The number of aromatic carboxylic acids is 2. The minimum atomic E-state index is -3.69. The summed E-state index contributed by atoms with van der Waals surface area (Å²) in [5.41, 5.74) is 0.651. The largest absolute Gasteiger partial charge is 0.768 e. The average Bonchev–Trinajstić information content (AvgIpc) is 3.36. The van der Waals surface area contributed by atoms with Gasteiger partial charge in [-0.25, -0.2) is 43.3 Å². The first-order chi connectivity index (χ1) is 34.3. The molecule has 0 fully saturated rings. The van der Waals surface area contributed by atoms with E-state index in [9.17, 15) is 66.4 Å². The maximum atomic E-state index is 12.0. The summed E-state index contributed by atoms with van der Waals surface area (Å²) in [5.74, 6) is -2.94. The molecule has 1 unspecified atom stereocenters. The molecule has 34 heteroatoms. The van der Waals surface area contributed by atoms with E-state index in [2.05, 4.69) is 154 Å². The Kier molecular flexibility index (Phi) is 29.7. The number of benzene rings is 5. The number of alkyl halides is 9. The van der Waals surface area contributed by atoms with Crippen LogP contribution < -0.4 is 10.6 Å². The van der Waals surface area contributed by atoms with Gasteiger partial charge in [0.25, 0.3) is 17.1 Å². The van der Waals surface area contributed by atoms with Gasteiger partial charge in [0.1, 0.15) is 4.66 Å². The van der Waals surface area contributed by atoms with Crippen LogP contribution in [0.2, 0.25) is 0 Å². The topological polar surface area (TPSA) is 327 Å². The van der Waals surface area contributed by atoms with Crippen molar-refractivity contribution in [2.24, 2.45) is 0 Å². The van der Waals surface area contributed by atoms with E-state index in [1.54, 1.807) is 6.07 Å². The van der Waals surface area contributed by atoms with E-state index in [0.29, 0.717) is 5.56 Å². The number of halogens is 10. The Morgan fingerprint density at radius 1 is 0.560 bits per heavy atom. The molecule has 0 aliphatic heterocycles. The smallest absolute Gasteiger partial charge is 0.335 e. The normalized spacial score (nSPS) is 12.0. The van der Waals surface area contributed by atoms with Crippen molar-refractivity contribution in [3.8, 4) is 0 Å². The Bertz CT molecular complexity index is 3350. The zero-order chi connectivity index (χ0) is 58.1. The van der Waals surface area contributed by atoms with Crippen LogP contribution in [0.3, 0.4) is 0 Å². The van der Waals surface area contributed by atoms with Crippen molar-refractivity contribution >= 4 is 234 Å². The van der Waals surface area contributed by atoms with Crippen molar-refractivity contribution in [2.75, 3.05) is 18.8 Å². The van der Waals surface area contributed by atoms with E-state index in [0.717, 1.165) is 12.1 Å². The zero-order valence-corrected chi connectivity index (χ0v) is 56.3. The number of carbonyl (C=O) groups excluding carboxylic acids is 3. The Morgan fingerprint density at radius 3 is 1.23 bits per heavy atom. The Balaban J connectivity index is 0.000000471. The Morgan fingerprint density at radius 2 is 0.880 bits per heavy atom. The van der Waals surface area contributed by atoms with E-state index >= 15 is 0 Å². The van der Waals surface area contributed by atoms with Crippen LogP contribution >= 0.6 is 155 Å². The predicted octanol–water partition coefficient (Wildman–Crippen LogP) is 10.3. The molecule has 75 heavy (non-hydrogen) atoms. The van der Waals surface area contributed by atoms with Crippen LogP contribution in [0, 0.1) is 0 Å². The van der Waals surface area contributed by atoms with E-state index in [-0.39, 0.29) is 63.2 Å². The van der Waals surface area contributed by atoms with Crippen LogP contribution in [0.5, 0.6) is 0 Å². The quantitative estimate of drug-likeness (QED) is 0.0512. The molecule has 0 aromatic heterocycles. The molecule has 19 nitrogen and oxygen atoms in total. The standard InChI is InChI=1S/C9H8Br3NO3S.C9H9Br2NO3S.C8H4Br3ClO3S.C8H7BrO4S.C7H6O4S/c1-13-8(14)6-3-2-4-7(5-6)17(15,16)9(10,11)12;1-12-8(13)6-3-2-4-7(5-6)16(14,15)9(10)11;9-8(10,11)16(14,15)6-3-1-2-5(4-6)7(12)13;9-5-14(12,13)7-3-1-2-6(4-7)8(10)11;8-7(9)5-2-1-3-6(4-5)12(10)11/h2-5H,1H3,(H,13,14);2-5,9H,1H3,(H,12,13);1-4H;1-4H,5H2,(H,10,11);1-4H,(H,8,9)(H,10,11)/p-1. The second kappa shape index (κ2) is 31.2. The van der Waals surface area contributed by atoms with Crippen molar-refractivity contribution in [1.82, 2.24) is 10.6 Å². The molecular formula is C41H33Br9ClN2O17S5-. The first-order valence-corrected chi connectivity index (χ1v) is 34.3. The monoisotopic (exact) mass is 1730 g/mol. The highest BCUT2D eigenvalue weighted by molar-refractivity contribution is 9.42. The Hall–Kier alpha value is -1.83. The average molecular weight is 1740 g/mol. The van der Waals surface area contributed by atoms with Crippen LogP contribution in [0.1, 0.15) is 51.8 Å². The van der Waals surface area contributed by atoms with Gasteiger partial charge < -0.3 is 25.4 Å². The minimum absolute atomic E-state index is 0.00859. The van der Waals surface area contributed by atoms with Crippen molar-refractivity contribution in [3.05, 3.63) is 149 Å². The summed E-state index contributed by atoms with van der Waals surface area (Å²) in [6, 6.07) is 27.5. The first-order valence-electron chi connectivity index (χ1n) is 19.0. The molecule has 1 atom stereocenters. The molecule has 0 bridgehead atoms. The van der Waals surface area contributed by atoms with Crippen LogP contribution in [0.25, 0.3) is 0 Å². The number of rotatable bonds is 12. The molecule has 5 aromatic rings. The number of sulfone groups is 4. The molecule has 5 rings (SSSR count). The summed E-state index contributed by atoms with van der Waals surface area (Å²) < 4.78 is 111. The van der Waals surface area contributed by atoms with Gasteiger partial charge in [0.2, 0.25) is 32.5 Å². The molecular weight excluding hydrogens is 1710 g/mol. The Labute approximate surface area is 513 Å². The van der Waals surface area contributed by atoms with Gasteiger partial charge in [-0.2, -0.15) is 0 Å².